The number of aromatic nitrogens is 3. The predicted molar refractivity (Wildman–Crippen MR) is 80.5 cm³/mol. The van der Waals surface area contributed by atoms with Crippen LogP contribution < -0.4 is 10.9 Å². The predicted octanol–water partition coefficient (Wildman–Crippen LogP) is 2.07. The van der Waals surface area contributed by atoms with E-state index >= 15 is 0 Å². The lowest BCUT2D eigenvalue weighted by molar-refractivity contribution is 0.102. The van der Waals surface area contributed by atoms with E-state index in [2.05, 4.69) is 20.5 Å². The van der Waals surface area contributed by atoms with Gasteiger partial charge in [0.05, 0.1) is 5.56 Å². The molecule has 3 aromatic rings. The molecule has 21 heavy (non-hydrogen) atoms. The molecule has 0 fully saturated rings. The SMILES string of the molecule is CCc1cc(NC(=O)c2cc(=O)[nH]c3ccccc23)n[nH]1. The molecule has 0 aliphatic carbocycles. The summed E-state index contributed by atoms with van der Waals surface area (Å²) in [7, 11) is 0. The van der Waals surface area contributed by atoms with Crippen LogP contribution in [0, 0.1) is 0 Å². The van der Waals surface area contributed by atoms with Crippen molar-refractivity contribution in [3.63, 3.8) is 0 Å². The minimum Gasteiger partial charge on any atom is -0.322 e. The van der Waals surface area contributed by atoms with Crippen LogP contribution in [0.25, 0.3) is 10.9 Å². The lowest BCUT2D eigenvalue weighted by Gasteiger charge is -2.05. The number of fused-ring (bicyclic) bond motifs is 1. The van der Waals surface area contributed by atoms with Crippen molar-refractivity contribution in [3.05, 3.63) is 58.0 Å². The summed E-state index contributed by atoms with van der Waals surface area (Å²) in [6.07, 6.45) is 0.802. The fraction of sp³-hybridized carbons (Fsp3) is 0.133. The van der Waals surface area contributed by atoms with Crippen LogP contribution in [0.3, 0.4) is 0 Å². The van der Waals surface area contributed by atoms with Crippen molar-refractivity contribution in [1.29, 1.82) is 0 Å². The van der Waals surface area contributed by atoms with Gasteiger partial charge >= 0.3 is 0 Å². The Bertz CT molecular complexity index is 863. The maximum atomic E-state index is 12.4. The van der Waals surface area contributed by atoms with Gasteiger partial charge in [-0.2, -0.15) is 5.10 Å². The highest BCUT2D eigenvalue weighted by Gasteiger charge is 2.13. The second kappa shape index (κ2) is 5.24. The van der Waals surface area contributed by atoms with Gasteiger partial charge in [0, 0.05) is 28.7 Å². The molecule has 2 aromatic heterocycles. The third kappa shape index (κ3) is 2.55. The summed E-state index contributed by atoms with van der Waals surface area (Å²) in [5, 5.41) is 10.2. The number of anilines is 1. The molecule has 3 rings (SSSR count). The lowest BCUT2D eigenvalue weighted by Crippen LogP contribution is -2.17. The number of hydrogen-bond donors (Lipinski definition) is 3. The molecule has 6 heteroatoms. The zero-order valence-corrected chi connectivity index (χ0v) is 11.4. The number of pyridine rings is 1. The molecule has 0 bridgehead atoms. The number of aryl methyl sites for hydroxylation is 1. The summed E-state index contributed by atoms with van der Waals surface area (Å²) in [5.41, 5.74) is 1.58. The Labute approximate surface area is 120 Å². The lowest BCUT2D eigenvalue weighted by atomic mass is 10.1. The molecule has 6 nitrogen and oxygen atoms in total. The van der Waals surface area contributed by atoms with Crippen LogP contribution in [0.2, 0.25) is 0 Å². The molecule has 0 saturated heterocycles. The standard InChI is InChI=1S/C15H14N4O2/c1-2-9-7-13(19-18-9)17-15(21)11-8-14(20)16-12-6-4-3-5-10(11)12/h3-8H,2H2,1H3,(H,16,20)(H2,17,18,19,21). The van der Waals surface area contributed by atoms with Crippen LogP contribution in [0.1, 0.15) is 23.0 Å². The Hall–Kier alpha value is -2.89. The number of H-pyrrole nitrogens is 2. The average Bonchev–Trinajstić information content (AvgIpc) is 2.94. The van der Waals surface area contributed by atoms with Crippen LogP contribution in [-0.2, 0) is 6.42 Å². The Morgan fingerprint density at radius 2 is 2.10 bits per heavy atom. The Balaban J connectivity index is 1.99. The Kier molecular flexibility index (Phi) is 3.27. The molecule has 106 valence electrons. The van der Waals surface area contributed by atoms with Crippen LogP contribution in [-0.4, -0.2) is 21.1 Å². The van der Waals surface area contributed by atoms with Gasteiger partial charge in [0.25, 0.3) is 5.91 Å². The highest BCUT2D eigenvalue weighted by Crippen LogP contribution is 2.16. The topological polar surface area (TPSA) is 90.6 Å². The van der Waals surface area contributed by atoms with Crippen LogP contribution >= 0.6 is 0 Å². The molecule has 0 aliphatic rings. The third-order valence-electron chi connectivity index (χ3n) is 3.25. The number of amides is 1. The highest BCUT2D eigenvalue weighted by atomic mass is 16.2. The van der Waals surface area contributed by atoms with E-state index in [1.54, 1.807) is 24.3 Å². The molecule has 0 spiro atoms. The summed E-state index contributed by atoms with van der Waals surface area (Å²) < 4.78 is 0. The Morgan fingerprint density at radius 3 is 2.86 bits per heavy atom. The maximum Gasteiger partial charge on any atom is 0.257 e. The van der Waals surface area contributed by atoms with Gasteiger partial charge in [-0.25, -0.2) is 0 Å². The van der Waals surface area contributed by atoms with E-state index in [1.807, 2.05) is 13.0 Å². The van der Waals surface area contributed by atoms with Crippen LogP contribution in [0.4, 0.5) is 5.82 Å². The normalized spacial score (nSPS) is 10.7. The molecule has 0 saturated carbocycles. The molecule has 0 radical (unpaired) electrons. The van der Waals surface area contributed by atoms with E-state index in [1.165, 1.54) is 6.07 Å². The minimum absolute atomic E-state index is 0.310. The first kappa shape index (κ1) is 13.1. The highest BCUT2D eigenvalue weighted by molar-refractivity contribution is 6.11. The minimum atomic E-state index is -0.355. The largest absolute Gasteiger partial charge is 0.322 e. The van der Waals surface area contributed by atoms with Crippen molar-refractivity contribution < 1.29 is 4.79 Å². The number of hydrogen-bond acceptors (Lipinski definition) is 3. The van der Waals surface area contributed by atoms with Gasteiger partial charge in [0.15, 0.2) is 5.82 Å². The smallest absolute Gasteiger partial charge is 0.257 e. The first-order chi connectivity index (χ1) is 10.2. The van der Waals surface area contributed by atoms with Gasteiger partial charge < -0.3 is 10.3 Å². The summed E-state index contributed by atoms with van der Waals surface area (Å²) in [4.78, 5) is 26.7. The number of rotatable bonds is 3. The second-order valence-corrected chi connectivity index (χ2v) is 4.68. The molecular weight excluding hydrogens is 268 g/mol. The van der Waals surface area contributed by atoms with Gasteiger partial charge in [-0.3, -0.25) is 14.7 Å². The summed E-state index contributed by atoms with van der Waals surface area (Å²) >= 11 is 0. The molecule has 3 N–H and O–H groups in total. The monoisotopic (exact) mass is 282 g/mol. The van der Waals surface area contributed by atoms with Gasteiger partial charge in [-0.1, -0.05) is 25.1 Å². The molecule has 0 atom stereocenters. The van der Waals surface area contributed by atoms with E-state index in [-0.39, 0.29) is 11.5 Å². The number of nitrogens with zero attached hydrogens (tertiary/aromatic N) is 1. The van der Waals surface area contributed by atoms with E-state index in [0.29, 0.717) is 22.3 Å². The van der Waals surface area contributed by atoms with E-state index < -0.39 is 0 Å². The van der Waals surface area contributed by atoms with Crippen molar-refractivity contribution in [2.45, 2.75) is 13.3 Å². The average molecular weight is 282 g/mol. The summed E-state index contributed by atoms with van der Waals surface area (Å²) in [6, 6.07) is 10.3. The number of carbonyl (C=O) groups is 1. The van der Waals surface area contributed by atoms with Crippen molar-refractivity contribution in [1.82, 2.24) is 15.2 Å². The van der Waals surface area contributed by atoms with Gasteiger partial charge in [0.1, 0.15) is 0 Å². The molecule has 0 unspecified atom stereocenters. The van der Waals surface area contributed by atoms with Gasteiger partial charge in [0.2, 0.25) is 5.56 Å². The fourth-order valence-corrected chi connectivity index (χ4v) is 2.18. The zero-order chi connectivity index (χ0) is 14.8. The first-order valence-corrected chi connectivity index (χ1v) is 6.65. The Morgan fingerprint density at radius 1 is 1.29 bits per heavy atom. The van der Waals surface area contributed by atoms with E-state index in [4.69, 9.17) is 0 Å². The number of nitrogens with one attached hydrogen (secondary N) is 3. The zero-order valence-electron chi connectivity index (χ0n) is 11.4. The van der Waals surface area contributed by atoms with Crippen molar-refractivity contribution in [3.8, 4) is 0 Å². The van der Waals surface area contributed by atoms with Crippen molar-refractivity contribution in [2.24, 2.45) is 0 Å². The van der Waals surface area contributed by atoms with Gasteiger partial charge in [-0.05, 0) is 12.5 Å². The van der Waals surface area contributed by atoms with E-state index in [0.717, 1.165) is 12.1 Å². The number of carbonyl (C=O) groups excluding carboxylic acids is 1. The number of benzene rings is 1. The van der Waals surface area contributed by atoms with Crippen LogP contribution in [0.15, 0.2) is 41.2 Å². The fourth-order valence-electron chi connectivity index (χ4n) is 2.18. The van der Waals surface area contributed by atoms with Crippen LogP contribution in [0.5, 0.6) is 0 Å². The second-order valence-electron chi connectivity index (χ2n) is 4.68. The van der Waals surface area contributed by atoms with E-state index in [9.17, 15) is 9.59 Å². The third-order valence-corrected chi connectivity index (χ3v) is 3.25. The molecule has 2 heterocycles. The van der Waals surface area contributed by atoms with Gasteiger partial charge in [-0.15, -0.1) is 0 Å². The quantitative estimate of drug-likeness (QED) is 0.686. The molecular formula is C15H14N4O2. The molecule has 1 aromatic carbocycles. The molecule has 0 aliphatic heterocycles. The molecule has 1 amide bonds. The summed E-state index contributed by atoms with van der Waals surface area (Å²) in [5.74, 6) is 0.0904. The van der Waals surface area contributed by atoms with Crippen molar-refractivity contribution >= 4 is 22.6 Å². The first-order valence-electron chi connectivity index (χ1n) is 6.65. The number of aromatic amines is 2. The number of para-hydroxylation sites is 1. The maximum absolute atomic E-state index is 12.4. The van der Waals surface area contributed by atoms with Crippen molar-refractivity contribution in [2.75, 3.05) is 5.32 Å². The summed E-state index contributed by atoms with van der Waals surface area (Å²) in [6.45, 7) is 1.99.